The number of imide groups is 2. The molecule has 2 aromatic rings. The number of carbonyl (C=O) groups excluding carboxylic acids is 3. The zero-order chi connectivity index (χ0) is 22.7. The van der Waals surface area contributed by atoms with Crippen LogP contribution in [0.3, 0.4) is 0 Å². The van der Waals surface area contributed by atoms with Gasteiger partial charge < -0.3 is 9.84 Å². The number of benzene rings is 2. The number of nitrogens with one attached hydrogen (secondary N) is 1. The van der Waals surface area contributed by atoms with E-state index in [0.717, 1.165) is 18.2 Å². The fourth-order valence-electron chi connectivity index (χ4n) is 2.85. The van der Waals surface area contributed by atoms with Gasteiger partial charge in [0, 0.05) is 17.7 Å². The molecule has 0 spiro atoms. The highest BCUT2D eigenvalue weighted by Crippen LogP contribution is 2.27. The number of carbonyl (C=O) groups is 4. The van der Waals surface area contributed by atoms with Gasteiger partial charge in [0.15, 0.2) is 0 Å². The number of amides is 4. The molecule has 4 amide bonds. The number of barbiturate groups is 1. The number of anilines is 1. The molecule has 0 radical (unpaired) electrons. The van der Waals surface area contributed by atoms with Gasteiger partial charge in [0.05, 0.1) is 22.8 Å². The van der Waals surface area contributed by atoms with Crippen LogP contribution in [0.5, 0.6) is 5.75 Å². The average Bonchev–Trinajstić information content (AvgIpc) is 2.72. The summed E-state index contributed by atoms with van der Waals surface area (Å²) in [5, 5.41) is 22.1. The summed E-state index contributed by atoms with van der Waals surface area (Å²) >= 11 is 0. The summed E-state index contributed by atoms with van der Waals surface area (Å²) in [5.74, 6) is -2.94. The first kappa shape index (κ1) is 21.2. The first-order valence-corrected chi connectivity index (χ1v) is 8.89. The molecule has 2 aromatic carbocycles. The van der Waals surface area contributed by atoms with Gasteiger partial charge in [-0.05, 0) is 43.3 Å². The molecule has 31 heavy (non-hydrogen) atoms. The third-order valence-electron chi connectivity index (χ3n) is 4.28. The quantitative estimate of drug-likeness (QED) is 0.309. The standard InChI is InChI=1S/C20H15N3O8/c1-2-31-16-8-3-11(19(26)27)9-12(16)10-15-17(24)21-20(28)22(18(15)25)13-4-6-14(7-5-13)23(29)30/h3-10H,2H2,1H3,(H,26,27)(H,21,24,28)/b15-10+. The van der Waals surface area contributed by atoms with E-state index in [-0.39, 0.29) is 34.9 Å². The second-order valence-corrected chi connectivity index (χ2v) is 6.22. The number of nitro benzene ring substituents is 1. The molecule has 11 heteroatoms. The number of hydrogen-bond acceptors (Lipinski definition) is 7. The van der Waals surface area contributed by atoms with E-state index in [4.69, 9.17) is 4.74 Å². The molecule has 3 rings (SSSR count). The second kappa shape index (κ2) is 8.45. The minimum absolute atomic E-state index is 0.0100. The molecule has 0 aromatic heterocycles. The summed E-state index contributed by atoms with van der Waals surface area (Å²) in [6.07, 6.45) is 1.12. The Balaban J connectivity index is 2.05. The van der Waals surface area contributed by atoms with Crippen LogP contribution in [0.15, 0.2) is 48.0 Å². The van der Waals surface area contributed by atoms with Crippen molar-refractivity contribution in [3.8, 4) is 5.75 Å². The van der Waals surface area contributed by atoms with Gasteiger partial charge >= 0.3 is 12.0 Å². The van der Waals surface area contributed by atoms with Crippen molar-refractivity contribution >= 4 is 41.3 Å². The molecule has 1 heterocycles. The molecule has 0 unspecified atom stereocenters. The topological polar surface area (TPSA) is 156 Å². The number of non-ortho nitro benzene ring substituents is 1. The molecule has 1 fully saturated rings. The minimum atomic E-state index is -1.22. The molecule has 11 nitrogen and oxygen atoms in total. The molecule has 0 aliphatic carbocycles. The predicted molar refractivity (Wildman–Crippen MR) is 107 cm³/mol. The van der Waals surface area contributed by atoms with Crippen molar-refractivity contribution in [3.05, 3.63) is 69.3 Å². The van der Waals surface area contributed by atoms with E-state index in [9.17, 15) is 34.4 Å². The molecule has 158 valence electrons. The summed E-state index contributed by atoms with van der Waals surface area (Å²) in [6, 6.07) is 7.52. The van der Waals surface area contributed by atoms with Crippen LogP contribution < -0.4 is 15.0 Å². The van der Waals surface area contributed by atoms with Crippen LogP contribution in [0.25, 0.3) is 6.08 Å². The van der Waals surface area contributed by atoms with Gasteiger partial charge in [-0.25, -0.2) is 14.5 Å². The smallest absolute Gasteiger partial charge is 0.335 e. The molecule has 0 bridgehead atoms. The van der Waals surface area contributed by atoms with Crippen molar-refractivity contribution in [2.45, 2.75) is 6.92 Å². The number of nitro groups is 1. The summed E-state index contributed by atoms with van der Waals surface area (Å²) in [4.78, 5) is 59.6. The minimum Gasteiger partial charge on any atom is -0.493 e. The number of nitrogens with zero attached hydrogens (tertiary/aromatic N) is 2. The monoisotopic (exact) mass is 425 g/mol. The summed E-state index contributed by atoms with van der Waals surface area (Å²) in [5.41, 5.74) is -0.620. The van der Waals surface area contributed by atoms with Crippen LogP contribution >= 0.6 is 0 Å². The van der Waals surface area contributed by atoms with Crippen LogP contribution in [0.2, 0.25) is 0 Å². The second-order valence-electron chi connectivity index (χ2n) is 6.22. The van der Waals surface area contributed by atoms with E-state index in [1.807, 2.05) is 5.32 Å². The van der Waals surface area contributed by atoms with Gasteiger partial charge in [-0.2, -0.15) is 0 Å². The van der Waals surface area contributed by atoms with Crippen LogP contribution in [0.1, 0.15) is 22.8 Å². The van der Waals surface area contributed by atoms with E-state index < -0.39 is 34.3 Å². The summed E-state index contributed by atoms with van der Waals surface area (Å²) < 4.78 is 5.43. The van der Waals surface area contributed by atoms with Gasteiger partial charge in [0.2, 0.25) is 0 Å². The Bertz CT molecular complexity index is 1140. The van der Waals surface area contributed by atoms with Crippen molar-refractivity contribution in [2.24, 2.45) is 0 Å². The Morgan fingerprint density at radius 3 is 2.45 bits per heavy atom. The van der Waals surface area contributed by atoms with Gasteiger partial charge in [-0.3, -0.25) is 25.0 Å². The van der Waals surface area contributed by atoms with Crippen LogP contribution in [-0.2, 0) is 9.59 Å². The number of urea groups is 1. The number of carboxylic acids is 1. The molecule has 0 atom stereocenters. The fraction of sp³-hybridized carbons (Fsp3) is 0.100. The lowest BCUT2D eigenvalue weighted by Gasteiger charge is -2.26. The first-order chi connectivity index (χ1) is 14.7. The highest BCUT2D eigenvalue weighted by molar-refractivity contribution is 6.39. The highest BCUT2D eigenvalue weighted by Gasteiger charge is 2.37. The lowest BCUT2D eigenvalue weighted by Crippen LogP contribution is -2.54. The zero-order valence-electron chi connectivity index (χ0n) is 16.0. The van der Waals surface area contributed by atoms with Crippen LogP contribution in [0, 0.1) is 10.1 Å². The average molecular weight is 425 g/mol. The summed E-state index contributed by atoms with van der Waals surface area (Å²) in [7, 11) is 0. The lowest BCUT2D eigenvalue weighted by atomic mass is 10.0. The van der Waals surface area contributed by atoms with E-state index >= 15 is 0 Å². The maximum Gasteiger partial charge on any atom is 0.335 e. The maximum absolute atomic E-state index is 12.9. The van der Waals surface area contributed by atoms with Crippen molar-refractivity contribution in [1.82, 2.24) is 5.32 Å². The molecule has 1 aliphatic rings. The maximum atomic E-state index is 12.9. The molecule has 1 saturated heterocycles. The third-order valence-corrected chi connectivity index (χ3v) is 4.28. The Labute approximate surface area is 174 Å². The number of carboxylic acid groups (broad SMARTS) is 1. The zero-order valence-corrected chi connectivity index (χ0v) is 16.0. The van der Waals surface area contributed by atoms with E-state index in [0.29, 0.717) is 4.90 Å². The van der Waals surface area contributed by atoms with Crippen molar-refractivity contribution in [2.75, 3.05) is 11.5 Å². The molecule has 2 N–H and O–H groups in total. The Morgan fingerprint density at radius 1 is 1.19 bits per heavy atom. The molecule has 1 aliphatic heterocycles. The van der Waals surface area contributed by atoms with Gasteiger partial charge in [0.25, 0.3) is 17.5 Å². The van der Waals surface area contributed by atoms with Gasteiger partial charge in [0.1, 0.15) is 11.3 Å². The molecular formula is C20H15N3O8. The van der Waals surface area contributed by atoms with Gasteiger partial charge in [-0.1, -0.05) is 0 Å². The largest absolute Gasteiger partial charge is 0.493 e. The van der Waals surface area contributed by atoms with E-state index in [1.165, 1.54) is 30.3 Å². The molecular weight excluding hydrogens is 410 g/mol. The van der Waals surface area contributed by atoms with Crippen molar-refractivity contribution in [1.29, 1.82) is 0 Å². The number of rotatable bonds is 6. The Hall–Kier alpha value is -4.54. The normalized spacial score (nSPS) is 15.1. The van der Waals surface area contributed by atoms with E-state index in [1.54, 1.807) is 6.92 Å². The van der Waals surface area contributed by atoms with Crippen molar-refractivity contribution in [3.63, 3.8) is 0 Å². The lowest BCUT2D eigenvalue weighted by molar-refractivity contribution is -0.384. The number of hydrogen-bond donors (Lipinski definition) is 2. The fourth-order valence-corrected chi connectivity index (χ4v) is 2.85. The Kier molecular flexibility index (Phi) is 5.77. The summed E-state index contributed by atoms with van der Waals surface area (Å²) in [6.45, 7) is 1.95. The highest BCUT2D eigenvalue weighted by atomic mass is 16.6. The first-order valence-electron chi connectivity index (χ1n) is 8.89. The van der Waals surface area contributed by atoms with Gasteiger partial charge in [-0.15, -0.1) is 0 Å². The third kappa shape index (κ3) is 4.24. The Morgan fingerprint density at radius 2 is 1.87 bits per heavy atom. The molecule has 0 saturated carbocycles. The predicted octanol–water partition coefficient (Wildman–Crippen LogP) is 2.36. The number of ether oxygens (including phenoxy) is 1. The van der Waals surface area contributed by atoms with E-state index in [2.05, 4.69) is 0 Å². The SMILES string of the molecule is CCOc1ccc(C(=O)O)cc1/C=C1\C(=O)NC(=O)N(c2ccc([N+](=O)[O-])cc2)C1=O. The van der Waals surface area contributed by atoms with Crippen LogP contribution in [0.4, 0.5) is 16.2 Å². The van der Waals surface area contributed by atoms with Crippen molar-refractivity contribution < 1.29 is 33.9 Å². The van der Waals surface area contributed by atoms with Crippen LogP contribution in [-0.4, -0.2) is 40.5 Å². The number of aromatic carboxylic acids is 1.